The highest BCUT2D eigenvalue weighted by molar-refractivity contribution is 5.93. The van der Waals surface area contributed by atoms with Gasteiger partial charge in [-0.15, -0.1) is 4.99 Å². The minimum Gasteiger partial charge on any atom is -0.352 e. The highest BCUT2D eigenvalue weighted by atomic mass is 15.2. The molecule has 1 aliphatic carbocycles. The highest BCUT2D eigenvalue weighted by Crippen LogP contribution is 2.17. The van der Waals surface area contributed by atoms with Gasteiger partial charge in [0, 0.05) is 12.2 Å². The molecule has 88 valence electrons. The van der Waals surface area contributed by atoms with Crippen LogP contribution in [0.1, 0.15) is 25.7 Å². The van der Waals surface area contributed by atoms with Crippen LogP contribution in [0.4, 0.5) is 5.82 Å². The average Bonchev–Trinajstić information content (AvgIpc) is 2.83. The van der Waals surface area contributed by atoms with Crippen molar-refractivity contribution in [2.45, 2.75) is 31.7 Å². The summed E-state index contributed by atoms with van der Waals surface area (Å²) in [7, 11) is 0. The number of rotatable bonds is 2. The number of nitrogens with zero attached hydrogens (tertiary/aromatic N) is 3. The predicted molar refractivity (Wildman–Crippen MR) is 66.3 cm³/mol. The van der Waals surface area contributed by atoms with Crippen molar-refractivity contribution >= 4 is 11.8 Å². The normalized spacial score (nSPS) is 16.5. The van der Waals surface area contributed by atoms with Crippen molar-refractivity contribution in [3.63, 3.8) is 0 Å². The van der Waals surface area contributed by atoms with Crippen LogP contribution in [-0.2, 0) is 0 Å². The van der Waals surface area contributed by atoms with Gasteiger partial charge < -0.3 is 10.6 Å². The van der Waals surface area contributed by atoms with Crippen LogP contribution >= 0.6 is 0 Å². The van der Waals surface area contributed by atoms with Crippen LogP contribution in [0.25, 0.3) is 0 Å². The first-order chi connectivity index (χ1) is 8.38. The average molecular weight is 229 g/mol. The molecule has 1 aromatic rings. The van der Waals surface area contributed by atoms with Gasteiger partial charge in [0.25, 0.3) is 0 Å². The molecule has 0 unspecified atom stereocenters. The van der Waals surface area contributed by atoms with Crippen LogP contribution in [0, 0.1) is 11.5 Å². The second-order valence-electron chi connectivity index (χ2n) is 4.03. The second kappa shape index (κ2) is 5.85. The molecule has 1 heterocycles. The predicted octanol–water partition coefficient (Wildman–Crippen LogP) is 1.86. The third-order valence-corrected chi connectivity index (χ3v) is 2.77. The van der Waals surface area contributed by atoms with Gasteiger partial charge in [-0.2, -0.15) is 5.26 Å². The molecular weight excluding hydrogens is 214 g/mol. The molecule has 5 heteroatoms. The quantitative estimate of drug-likeness (QED) is 0.461. The first-order valence-corrected chi connectivity index (χ1v) is 5.80. The Morgan fingerprint density at radius 3 is 2.88 bits per heavy atom. The number of guanidine groups is 1. The number of hydrogen-bond acceptors (Lipinski definition) is 3. The van der Waals surface area contributed by atoms with Crippen molar-refractivity contribution in [1.82, 2.24) is 10.3 Å². The first kappa shape index (κ1) is 11.4. The van der Waals surface area contributed by atoms with E-state index in [0.29, 0.717) is 17.8 Å². The molecule has 1 fully saturated rings. The summed E-state index contributed by atoms with van der Waals surface area (Å²) in [6, 6.07) is 5.98. The summed E-state index contributed by atoms with van der Waals surface area (Å²) < 4.78 is 0. The molecule has 1 saturated carbocycles. The van der Waals surface area contributed by atoms with Crippen LogP contribution in [0.3, 0.4) is 0 Å². The molecule has 0 aromatic carbocycles. The van der Waals surface area contributed by atoms with Crippen molar-refractivity contribution in [2.24, 2.45) is 4.99 Å². The Morgan fingerprint density at radius 1 is 1.41 bits per heavy atom. The number of aliphatic imine (C=N–C) groups is 1. The van der Waals surface area contributed by atoms with Crippen molar-refractivity contribution in [3.8, 4) is 6.19 Å². The van der Waals surface area contributed by atoms with Gasteiger partial charge in [0.1, 0.15) is 5.82 Å². The van der Waals surface area contributed by atoms with E-state index in [1.807, 2.05) is 18.2 Å². The highest BCUT2D eigenvalue weighted by Gasteiger charge is 2.16. The molecule has 0 bridgehead atoms. The molecule has 0 aliphatic heterocycles. The molecular formula is C12H15N5. The second-order valence-corrected chi connectivity index (χ2v) is 4.03. The van der Waals surface area contributed by atoms with E-state index in [2.05, 4.69) is 20.6 Å². The molecule has 0 amide bonds. The Hall–Kier alpha value is -2.09. The van der Waals surface area contributed by atoms with Gasteiger partial charge in [-0.1, -0.05) is 18.9 Å². The monoisotopic (exact) mass is 229 g/mol. The lowest BCUT2D eigenvalue weighted by molar-refractivity contribution is 0.629. The number of anilines is 1. The standard InChI is InChI=1S/C12H15N5/c13-9-15-12(16-10-5-1-2-6-10)17-11-7-3-4-8-14-11/h3-4,7-8,10H,1-2,5-6H2,(H2,14,15,16,17). The summed E-state index contributed by atoms with van der Waals surface area (Å²) in [5, 5.41) is 14.9. The van der Waals surface area contributed by atoms with E-state index in [4.69, 9.17) is 5.26 Å². The molecule has 1 aliphatic rings. The lowest BCUT2D eigenvalue weighted by Gasteiger charge is -2.15. The maximum atomic E-state index is 8.65. The molecule has 17 heavy (non-hydrogen) atoms. The molecule has 0 saturated heterocycles. The fourth-order valence-electron chi connectivity index (χ4n) is 1.97. The number of nitrogens with one attached hydrogen (secondary N) is 2. The molecule has 0 atom stereocenters. The van der Waals surface area contributed by atoms with E-state index in [1.54, 1.807) is 12.4 Å². The number of pyridine rings is 1. The summed E-state index contributed by atoms with van der Waals surface area (Å²) in [5.41, 5.74) is 0. The van der Waals surface area contributed by atoms with Crippen LogP contribution in [-0.4, -0.2) is 17.0 Å². The smallest absolute Gasteiger partial charge is 0.213 e. The van der Waals surface area contributed by atoms with Crippen LogP contribution in [0.2, 0.25) is 0 Å². The summed E-state index contributed by atoms with van der Waals surface area (Å²) in [4.78, 5) is 7.88. The van der Waals surface area contributed by atoms with E-state index in [-0.39, 0.29) is 0 Å². The molecule has 2 rings (SSSR count). The third kappa shape index (κ3) is 3.45. The fourth-order valence-corrected chi connectivity index (χ4v) is 1.97. The molecule has 0 radical (unpaired) electrons. The van der Waals surface area contributed by atoms with E-state index in [9.17, 15) is 0 Å². The zero-order valence-electron chi connectivity index (χ0n) is 9.56. The van der Waals surface area contributed by atoms with E-state index >= 15 is 0 Å². The molecule has 1 aromatic heterocycles. The Bertz CT molecular complexity index is 414. The van der Waals surface area contributed by atoms with Crippen LogP contribution in [0.15, 0.2) is 29.4 Å². The Balaban J connectivity index is 1.98. The summed E-state index contributed by atoms with van der Waals surface area (Å²) >= 11 is 0. The van der Waals surface area contributed by atoms with E-state index in [1.165, 1.54) is 12.8 Å². The van der Waals surface area contributed by atoms with Crippen molar-refractivity contribution in [3.05, 3.63) is 24.4 Å². The lowest BCUT2D eigenvalue weighted by atomic mass is 10.2. The summed E-state index contributed by atoms with van der Waals surface area (Å²) in [6.45, 7) is 0. The minimum absolute atomic E-state index is 0.415. The fraction of sp³-hybridized carbons (Fsp3) is 0.417. The number of aromatic nitrogens is 1. The Morgan fingerprint density at radius 2 is 2.24 bits per heavy atom. The van der Waals surface area contributed by atoms with E-state index < -0.39 is 0 Å². The Kier molecular flexibility index (Phi) is 3.92. The van der Waals surface area contributed by atoms with Crippen LogP contribution in [0.5, 0.6) is 0 Å². The number of hydrogen-bond donors (Lipinski definition) is 2. The first-order valence-electron chi connectivity index (χ1n) is 5.80. The summed E-state index contributed by atoms with van der Waals surface area (Å²) in [5.74, 6) is 1.17. The van der Waals surface area contributed by atoms with Gasteiger partial charge >= 0.3 is 0 Å². The maximum absolute atomic E-state index is 8.65. The van der Waals surface area contributed by atoms with Crippen LogP contribution < -0.4 is 10.6 Å². The lowest BCUT2D eigenvalue weighted by Crippen LogP contribution is -2.37. The Labute approximate surface area is 101 Å². The van der Waals surface area contributed by atoms with Gasteiger partial charge in [-0.25, -0.2) is 4.98 Å². The van der Waals surface area contributed by atoms with Crippen molar-refractivity contribution in [2.75, 3.05) is 5.32 Å². The van der Waals surface area contributed by atoms with Gasteiger partial charge in [-0.05, 0) is 25.0 Å². The minimum atomic E-state index is 0.415. The summed E-state index contributed by atoms with van der Waals surface area (Å²) in [6.07, 6.45) is 8.23. The third-order valence-electron chi connectivity index (χ3n) is 2.77. The van der Waals surface area contributed by atoms with Gasteiger partial charge in [0.05, 0.1) is 0 Å². The zero-order valence-corrected chi connectivity index (χ0v) is 9.56. The van der Waals surface area contributed by atoms with Gasteiger partial charge in [0.2, 0.25) is 12.2 Å². The van der Waals surface area contributed by atoms with Crippen molar-refractivity contribution in [1.29, 1.82) is 5.26 Å². The van der Waals surface area contributed by atoms with E-state index in [0.717, 1.165) is 12.8 Å². The maximum Gasteiger partial charge on any atom is 0.213 e. The largest absolute Gasteiger partial charge is 0.352 e. The van der Waals surface area contributed by atoms with Gasteiger partial charge in [0.15, 0.2) is 0 Å². The van der Waals surface area contributed by atoms with Crippen molar-refractivity contribution < 1.29 is 0 Å². The SMILES string of the molecule is N#CN=C(Nc1ccccn1)NC1CCCC1. The zero-order chi connectivity index (χ0) is 11.9. The topological polar surface area (TPSA) is 73.1 Å². The molecule has 0 spiro atoms. The van der Waals surface area contributed by atoms with Gasteiger partial charge in [-0.3, -0.25) is 0 Å². The molecule has 2 N–H and O–H groups in total. The number of nitriles is 1. The molecule has 5 nitrogen and oxygen atoms in total.